The maximum atomic E-state index is 14.0. The Morgan fingerprint density at radius 2 is 1.71 bits per heavy atom. The summed E-state index contributed by atoms with van der Waals surface area (Å²) in [6.45, 7) is 1.13. The van der Waals surface area contributed by atoms with Crippen LogP contribution in [-0.4, -0.2) is 92.9 Å². The molecule has 3 N–H and O–H groups in total. The van der Waals surface area contributed by atoms with Gasteiger partial charge in [0.1, 0.15) is 24.4 Å². The number of piperidine rings is 1. The summed E-state index contributed by atoms with van der Waals surface area (Å²) in [5.74, 6) is -2.24. The zero-order valence-electron chi connectivity index (χ0n) is 26.8. The monoisotopic (exact) mass is 684 g/mol. The first-order valence-corrected chi connectivity index (χ1v) is 17.8. The number of hydrogen-bond acceptors (Lipinski definition) is 9. The van der Waals surface area contributed by atoms with E-state index in [0.29, 0.717) is 37.4 Å². The number of carboxylic acid groups (broad SMARTS) is 1. The van der Waals surface area contributed by atoms with Crippen LogP contribution in [0.3, 0.4) is 0 Å². The predicted octanol–water partition coefficient (Wildman–Crippen LogP) is 2.42. The van der Waals surface area contributed by atoms with Gasteiger partial charge in [0, 0.05) is 25.0 Å². The minimum absolute atomic E-state index is 0.0670. The average Bonchev–Trinajstić information content (AvgIpc) is 3.58. The van der Waals surface area contributed by atoms with Gasteiger partial charge in [0.25, 0.3) is 5.91 Å². The number of sulfone groups is 1. The molecule has 15 heteroatoms. The number of amides is 4. The SMILES string of the molecule is CC(NC(=O)COc1ccc(C2N(c3cccc(S(C)(=O)=O)c3)C(=O)C23CCN(C(=O)OC2CCCC2)CC3)cc1)C(=O)NCC(=O)O. The summed E-state index contributed by atoms with van der Waals surface area (Å²) in [4.78, 5) is 65.2. The van der Waals surface area contributed by atoms with Crippen LogP contribution in [0.5, 0.6) is 5.75 Å². The molecule has 0 bridgehead atoms. The van der Waals surface area contributed by atoms with Crippen molar-refractivity contribution in [1.82, 2.24) is 15.5 Å². The van der Waals surface area contributed by atoms with Gasteiger partial charge >= 0.3 is 12.1 Å². The van der Waals surface area contributed by atoms with Gasteiger partial charge in [0.15, 0.2) is 16.4 Å². The molecule has 0 aromatic heterocycles. The van der Waals surface area contributed by atoms with E-state index >= 15 is 0 Å². The van der Waals surface area contributed by atoms with E-state index in [1.165, 1.54) is 19.1 Å². The Balaban J connectivity index is 1.30. The second-order valence-electron chi connectivity index (χ2n) is 12.5. The summed E-state index contributed by atoms with van der Waals surface area (Å²) >= 11 is 0. The number of aliphatic carboxylic acids is 1. The molecule has 2 saturated heterocycles. The molecule has 258 valence electrons. The van der Waals surface area contributed by atoms with Crippen molar-refractivity contribution in [3.8, 4) is 5.75 Å². The number of β-lactam (4-membered cyclic amide) rings is 1. The zero-order valence-corrected chi connectivity index (χ0v) is 27.7. The Morgan fingerprint density at radius 3 is 2.33 bits per heavy atom. The summed E-state index contributed by atoms with van der Waals surface area (Å²) < 4.78 is 36.0. The van der Waals surface area contributed by atoms with Crippen LogP contribution >= 0.6 is 0 Å². The molecule has 14 nitrogen and oxygen atoms in total. The third-order valence-electron chi connectivity index (χ3n) is 9.18. The summed E-state index contributed by atoms with van der Waals surface area (Å²) in [6.07, 6.45) is 5.28. The van der Waals surface area contributed by atoms with Crippen molar-refractivity contribution in [1.29, 1.82) is 0 Å². The van der Waals surface area contributed by atoms with E-state index in [4.69, 9.17) is 14.6 Å². The molecule has 1 aliphatic carbocycles. The Bertz CT molecular complexity index is 1670. The number of ether oxygens (including phenoxy) is 2. The summed E-state index contributed by atoms with van der Waals surface area (Å²) in [7, 11) is -3.53. The lowest BCUT2D eigenvalue weighted by atomic mass is 9.62. The highest BCUT2D eigenvalue weighted by Crippen LogP contribution is 2.57. The third-order valence-corrected chi connectivity index (χ3v) is 10.3. The van der Waals surface area contributed by atoms with Gasteiger partial charge < -0.3 is 35.0 Å². The molecular weight excluding hydrogens is 644 g/mol. The number of anilines is 1. The molecule has 0 radical (unpaired) electrons. The molecule has 2 unspecified atom stereocenters. The fourth-order valence-corrected chi connectivity index (χ4v) is 7.27. The smallest absolute Gasteiger partial charge is 0.410 e. The van der Waals surface area contributed by atoms with Crippen molar-refractivity contribution < 1.29 is 47.0 Å². The van der Waals surface area contributed by atoms with Crippen LogP contribution in [0, 0.1) is 5.41 Å². The van der Waals surface area contributed by atoms with Gasteiger partial charge in [-0.3, -0.25) is 19.2 Å². The van der Waals surface area contributed by atoms with E-state index in [2.05, 4.69) is 10.6 Å². The minimum atomic E-state index is -3.53. The molecule has 2 aliphatic heterocycles. The van der Waals surface area contributed by atoms with Crippen molar-refractivity contribution in [3.63, 3.8) is 0 Å². The second kappa shape index (κ2) is 14.2. The standard InChI is InChI=1S/C33H40N4O10S/c1-21(30(41)34-19-28(39)40)35-27(38)20-46-24-12-10-22(11-13-24)29-33(14-16-36(17-15-33)32(43)47-25-7-3-4-8-25)31(42)37(29)23-6-5-9-26(18-23)48(2,44)45/h5-6,9-13,18,21,25,29H,3-4,7-8,14-17,19-20H2,1-2H3,(H,34,41)(H,35,38)(H,39,40). The van der Waals surface area contributed by atoms with Crippen LogP contribution in [0.2, 0.25) is 0 Å². The Kier molecular flexibility index (Phi) is 10.3. The van der Waals surface area contributed by atoms with E-state index in [0.717, 1.165) is 37.5 Å². The van der Waals surface area contributed by atoms with E-state index in [1.54, 1.807) is 46.2 Å². The van der Waals surface area contributed by atoms with Crippen molar-refractivity contribution in [2.45, 2.75) is 68.5 Å². The quantitative estimate of drug-likeness (QED) is 0.297. The van der Waals surface area contributed by atoms with Crippen LogP contribution < -0.4 is 20.3 Å². The topological polar surface area (TPSA) is 189 Å². The number of benzene rings is 2. The van der Waals surface area contributed by atoms with E-state index in [9.17, 15) is 32.4 Å². The lowest BCUT2D eigenvalue weighted by Gasteiger charge is -2.58. The highest BCUT2D eigenvalue weighted by Gasteiger charge is 2.62. The van der Waals surface area contributed by atoms with E-state index in [1.807, 2.05) is 0 Å². The number of hydrogen-bond donors (Lipinski definition) is 3. The van der Waals surface area contributed by atoms with Crippen LogP contribution in [0.4, 0.5) is 10.5 Å². The molecule has 4 amide bonds. The molecule has 5 rings (SSSR count). The summed E-state index contributed by atoms with van der Waals surface area (Å²) in [5.41, 5.74) is 0.382. The number of rotatable bonds is 11. The number of nitrogens with one attached hydrogen (secondary N) is 2. The molecule has 3 aliphatic rings. The fourth-order valence-electron chi connectivity index (χ4n) is 6.61. The van der Waals surface area contributed by atoms with E-state index < -0.39 is 58.3 Å². The summed E-state index contributed by atoms with van der Waals surface area (Å²) in [6, 6.07) is 11.7. The summed E-state index contributed by atoms with van der Waals surface area (Å²) in [5, 5.41) is 13.3. The first-order valence-electron chi connectivity index (χ1n) is 15.9. The van der Waals surface area contributed by atoms with Gasteiger partial charge in [-0.25, -0.2) is 13.2 Å². The van der Waals surface area contributed by atoms with E-state index in [-0.39, 0.29) is 23.0 Å². The Morgan fingerprint density at radius 1 is 1.04 bits per heavy atom. The number of nitrogens with zero attached hydrogens (tertiary/aromatic N) is 2. The average molecular weight is 685 g/mol. The zero-order chi connectivity index (χ0) is 34.6. The van der Waals surface area contributed by atoms with Crippen LogP contribution in [0.15, 0.2) is 53.4 Å². The lowest BCUT2D eigenvalue weighted by Crippen LogP contribution is -2.67. The minimum Gasteiger partial charge on any atom is -0.484 e. The highest BCUT2D eigenvalue weighted by molar-refractivity contribution is 7.90. The van der Waals surface area contributed by atoms with Gasteiger partial charge in [0.2, 0.25) is 11.8 Å². The normalized spacial score (nSPS) is 19.7. The van der Waals surface area contributed by atoms with Gasteiger partial charge in [0.05, 0.1) is 16.4 Å². The second-order valence-corrected chi connectivity index (χ2v) is 14.6. The first-order chi connectivity index (χ1) is 22.8. The lowest BCUT2D eigenvalue weighted by molar-refractivity contribution is -0.144. The molecule has 1 spiro atoms. The van der Waals surface area contributed by atoms with Crippen LogP contribution in [0.25, 0.3) is 0 Å². The van der Waals surface area contributed by atoms with Crippen molar-refractivity contribution >= 4 is 45.3 Å². The molecule has 2 heterocycles. The Labute approximate surface area is 278 Å². The van der Waals surface area contributed by atoms with Gasteiger partial charge in [-0.15, -0.1) is 0 Å². The van der Waals surface area contributed by atoms with Crippen molar-refractivity contribution in [2.75, 3.05) is 37.4 Å². The first kappa shape index (κ1) is 34.7. The number of likely N-dealkylation sites (tertiary alicyclic amines) is 1. The number of carbonyl (C=O) groups is 5. The Hall–Kier alpha value is -4.66. The predicted molar refractivity (Wildman–Crippen MR) is 172 cm³/mol. The van der Waals surface area contributed by atoms with Crippen molar-refractivity contribution in [2.24, 2.45) is 5.41 Å². The molecule has 1 saturated carbocycles. The number of carboxylic acids is 1. The maximum absolute atomic E-state index is 14.0. The molecule has 48 heavy (non-hydrogen) atoms. The van der Waals surface area contributed by atoms with Gasteiger partial charge in [-0.1, -0.05) is 18.2 Å². The number of carbonyl (C=O) groups excluding carboxylic acids is 4. The molecule has 2 atom stereocenters. The van der Waals surface area contributed by atoms with Gasteiger partial charge in [-0.05, 0) is 81.3 Å². The molecule has 3 fully saturated rings. The molecule has 2 aromatic rings. The van der Waals surface area contributed by atoms with Gasteiger partial charge in [-0.2, -0.15) is 0 Å². The van der Waals surface area contributed by atoms with Crippen LogP contribution in [-0.2, 0) is 33.8 Å². The third kappa shape index (κ3) is 7.56. The molecule has 2 aromatic carbocycles. The molecular formula is C33H40N4O10S. The van der Waals surface area contributed by atoms with Crippen LogP contribution in [0.1, 0.15) is 57.1 Å². The fraction of sp³-hybridized carbons (Fsp3) is 0.485. The van der Waals surface area contributed by atoms with Crippen molar-refractivity contribution in [3.05, 3.63) is 54.1 Å². The largest absolute Gasteiger partial charge is 0.484 e. The maximum Gasteiger partial charge on any atom is 0.410 e. The highest BCUT2D eigenvalue weighted by atomic mass is 32.2.